The zero-order valence-electron chi connectivity index (χ0n) is 12.0. The zero-order chi connectivity index (χ0) is 15.8. The van der Waals surface area contributed by atoms with Crippen LogP contribution >= 0.6 is 0 Å². The van der Waals surface area contributed by atoms with Crippen LogP contribution in [-0.2, 0) is 4.79 Å². The summed E-state index contributed by atoms with van der Waals surface area (Å²) in [6, 6.07) is 5.54. The first kappa shape index (κ1) is 15.7. The molecule has 1 aliphatic carbocycles. The second-order valence-corrected chi connectivity index (χ2v) is 4.90. The van der Waals surface area contributed by atoms with Crippen molar-refractivity contribution < 1.29 is 14.5 Å². The molecule has 1 atom stereocenters. The van der Waals surface area contributed by atoms with Gasteiger partial charge in [-0.05, 0) is 37.3 Å². The molecule has 2 rings (SSSR count). The summed E-state index contributed by atoms with van der Waals surface area (Å²) in [6.07, 6.45) is 9.01. The highest BCUT2D eigenvalue weighted by Gasteiger charge is 2.08. The lowest BCUT2D eigenvalue weighted by molar-refractivity contribution is -0.384. The van der Waals surface area contributed by atoms with Gasteiger partial charge in [-0.25, -0.2) is 5.43 Å². The van der Waals surface area contributed by atoms with E-state index in [2.05, 4.69) is 22.7 Å². The summed E-state index contributed by atoms with van der Waals surface area (Å²) in [4.78, 5) is 21.6. The average Bonchev–Trinajstić information content (AvgIpc) is 2.54. The van der Waals surface area contributed by atoms with Crippen LogP contribution in [0.5, 0.6) is 5.75 Å². The molecule has 0 saturated heterocycles. The predicted octanol–water partition coefficient (Wildman–Crippen LogP) is 2.43. The SMILES string of the molecule is O=C(COc1ccc([N+](=O)[O-])cc1)N/N=C\[C@H]1CC=CCC1. The van der Waals surface area contributed by atoms with Crippen molar-refractivity contribution in [3.05, 3.63) is 46.5 Å². The number of nitro groups is 1. The molecule has 0 heterocycles. The fourth-order valence-electron chi connectivity index (χ4n) is 2.01. The number of carbonyl (C=O) groups excluding carboxylic acids is 1. The summed E-state index contributed by atoms with van der Waals surface area (Å²) >= 11 is 0. The number of carbonyl (C=O) groups is 1. The van der Waals surface area contributed by atoms with Crippen LogP contribution in [0.25, 0.3) is 0 Å². The van der Waals surface area contributed by atoms with E-state index < -0.39 is 4.92 Å². The van der Waals surface area contributed by atoms with Crippen LogP contribution in [0.2, 0.25) is 0 Å². The number of hydrogen-bond acceptors (Lipinski definition) is 5. The van der Waals surface area contributed by atoms with Crippen LogP contribution in [0.15, 0.2) is 41.5 Å². The summed E-state index contributed by atoms with van der Waals surface area (Å²) < 4.78 is 5.23. The van der Waals surface area contributed by atoms with Gasteiger partial charge in [-0.15, -0.1) is 0 Å². The molecule has 7 heteroatoms. The van der Waals surface area contributed by atoms with Crippen molar-refractivity contribution >= 4 is 17.8 Å². The third-order valence-corrected chi connectivity index (χ3v) is 3.20. The molecule has 0 unspecified atom stereocenters. The Morgan fingerprint density at radius 2 is 2.18 bits per heavy atom. The normalized spacial score (nSPS) is 17.4. The molecule has 1 N–H and O–H groups in total. The number of amides is 1. The van der Waals surface area contributed by atoms with Crippen LogP contribution in [-0.4, -0.2) is 23.7 Å². The molecule has 22 heavy (non-hydrogen) atoms. The fraction of sp³-hybridized carbons (Fsp3) is 0.333. The van der Waals surface area contributed by atoms with E-state index in [0.717, 1.165) is 19.3 Å². The smallest absolute Gasteiger partial charge is 0.277 e. The van der Waals surface area contributed by atoms with Crippen LogP contribution in [0.4, 0.5) is 5.69 Å². The number of nitrogens with one attached hydrogen (secondary N) is 1. The molecule has 0 aromatic heterocycles. The number of nitro benzene ring substituents is 1. The van der Waals surface area contributed by atoms with Crippen molar-refractivity contribution in [3.63, 3.8) is 0 Å². The van der Waals surface area contributed by atoms with Crippen LogP contribution in [0.3, 0.4) is 0 Å². The first-order valence-corrected chi connectivity index (χ1v) is 6.99. The van der Waals surface area contributed by atoms with E-state index in [1.54, 1.807) is 6.21 Å². The van der Waals surface area contributed by atoms with E-state index in [1.165, 1.54) is 24.3 Å². The molecule has 0 bridgehead atoms. The minimum Gasteiger partial charge on any atom is -0.484 e. The van der Waals surface area contributed by atoms with Gasteiger partial charge in [0.25, 0.3) is 11.6 Å². The Labute approximate surface area is 127 Å². The predicted molar refractivity (Wildman–Crippen MR) is 81.7 cm³/mol. The lowest BCUT2D eigenvalue weighted by atomic mass is 9.96. The van der Waals surface area contributed by atoms with Crippen molar-refractivity contribution in [2.45, 2.75) is 19.3 Å². The molecule has 0 radical (unpaired) electrons. The molecule has 0 aliphatic heterocycles. The second kappa shape index (κ2) is 7.92. The van der Waals surface area contributed by atoms with Gasteiger partial charge in [0.2, 0.25) is 0 Å². The van der Waals surface area contributed by atoms with Crippen molar-refractivity contribution in [1.29, 1.82) is 0 Å². The summed E-state index contributed by atoms with van der Waals surface area (Å²) in [5, 5.41) is 14.4. The highest BCUT2D eigenvalue weighted by atomic mass is 16.6. The van der Waals surface area contributed by atoms with E-state index in [9.17, 15) is 14.9 Å². The maximum absolute atomic E-state index is 11.6. The molecule has 7 nitrogen and oxygen atoms in total. The standard InChI is InChI=1S/C15H17N3O4/c19-15(17-16-10-12-4-2-1-3-5-12)11-22-14-8-6-13(7-9-14)18(20)21/h1-2,6-10,12H,3-5,11H2,(H,17,19)/b16-10-/t12-/m0/s1. The number of non-ortho nitro benzene ring substituents is 1. The first-order valence-electron chi connectivity index (χ1n) is 6.99. The topological polar surface area (TPSA) is 93.8 Å². The molecule has 0 saturated carbocycles. The summed E-state index contributed by atoms with van der Waals surface area (Å²) in [7, 11) is 0. The summed E-state index contributed by atoms with van der Waals surface area (Å²) in [6.45, 7) is -0.195. The number of ether oxygens (including phenoxy) is 1. The highest BCUT2D eigenvalue weighted by molar-refractivity contribution is 5.78. The Bertz CT molecular complexity index is 581. The minimum atomic E-state index is -0.494. The third kappa shape index (κ3) is 5.01. The van der Waals surface area contributed by atoms with Gasteiger partial charge in [0, 0.05) is 18.3 Å². The largest absolute Gasteiger partial charge is 0.484 e. The lowest BCUT2D eigenvalue weighted by Crippen LogP contribution is -2.25. The third-order valence-electron chi connectivity index (χ3n) is 3.20. The van der Waals surface area contributed by atoms with E-state index in [4.69, 9.17) is 4.74 Å². The number of benzene rings is 1. The van der Waals surface area contributed by atoms with Crippen LogP contribution < -0.4 is 10.2 Å². The van der Waals surface area contributed by atoms with E-state index in [-0.39, 0.29) is 18.2 Å². The fourth-order valence-corrected chi connectivity index (χ4v) is 2.01. The quantitative estimate of drug-likeness (QED) is 0.378. The van der Waals surface area contributed by atoms with Crippen molar-refractivity contribution in [2.24, 2.45) is 11.0 Å². The molecule has 1 aliphatic rings. The van der Waals surface area contributed by atoms with Gasteiger partial charge < -0.3 is 4.74 Å². The number of rotatable bonds is 6. The summed E-state index contributed by atoms with van der Waals surface area (Å²) in [5.41, 5.74) is 2.38. The van der Waals surface area contributed by atoms with E-state index in [1.807, 2.05) is 0 Å². The van der Waals surface area contributed by atoms with Gasteiger partial charge >= 0.3 is 0 Å². The van der Waals surface area contributed by atoms with Crippen molar-refractivity contribution in [1.82, 2.24) is 5.43 Å². The second-order valence-electron chi connectivity index (χ2n) is 4.90. The van der Waals surface area contributed by atoms with Crippen LogP contribution in [0, 0.1) is 16.0 Å². The maximum Gasteiger partial charge on any atom is 0.277 e. The zero-order valence-corrected chi connectivity index (χ0v) is 12.0. The Morgan fingerprint density at radius 3 is 2.82 bits per heavy atom. The van der Waals surface area contributed by atoms with Gasteiger partial charge in [-0.2, -0.15) is 5.10 Å². The highest BCUT2D eigenvalue weighted by Crippen LogP contribution is 2.17. The minimum absolute atomic E-state index is 0.0251. The van der Waals surface area contributed by atoms with Gasteiger partial charge in [0.05, 0.1) is 4.92 Å². The lowest BCUT2D eigenvalue weighted by Gasteiger charge is -2.11. The van der Waals surface area contributed by atoms with Gasteiger partial charge in [-0.3, -0.25) is 14.9 Å². The van der Waals surface area contributed by atoms with Crippen molar-refractivity contribution in [2.75, 3.05) is 6.61 Å². The Kier molecular flexibility index (Phi) is 5.65. The molecule has 0 fully saturated rings. The van der Waals surface area contributed by atoms with Crippen molar-refractivity contribution in [3.8, 4) is 5.75 Å². The Balaban J connectivity index is 1.71. The number of allylic oxidation sites excluding steroid dienone is 2. The number of hydrazone groups is 1. The Morgan fingerprint density at radius 1 is 1.41 bits per heavy atom. The van der Waals surface area contributed by atoms with E-state index >= 15 is 0 Å². The molecule has 116 valence electrons. The van der Waals surface area contributed by atoms with Gasteiger partial charge in [0.15, 0.2) is 6.61 Å². The van der Waals surface area contributed by atoms with Gasteiger partial charge in [0.1, 0.15) is 5.75 Å². The maximum atomic E-state index is 11.6. The monoisotopic (exact) mass is 303 g/mol. The summed E-state index contributed by atoms with van der Waals surface area (Å²) in [5.74, 6) is 0.379. The molecular formula is C15H17N3O4. The average molecular weight is 303 g/mol. The van der Waals surface area contributed by atoms with Crippen LogP contribution in [0.1, 0.15) is 19.3 Å². The number of hydrogen-bond donors (Lipinski definition) is 1. The molecule has 1 aromatic carbocycles. The van der Waals surface area contributed by atoms with E-state index in [0.29, 0.717) is 11.7 Å². The van der Waals surface area contributed by atoms with Gasteiger partial charge in [-0.1, -0.05) is 12.2 Å². The molecule has 1 aromatic rings. The molecule has 1 amide bonds. The Hall–Kier alpha value is -2.70. The molecular weight excluding hydrogens is 286 g/mol. The first-order chi connectivity index (χ1) is 10.6. The molecule has 0 spiro atoms. The number of nitrogens with zero attached hydrogens (tertiary/aromatic N) is 2.